The number of thiazole rings is 1. The Kier molecular flexibility index (Phi) is 7.55. The second-order valence-electron chi connectivity index (χ2n) is 6.53. The van der Waals surface area contributed by atoms with E-state index in [2.05, 4.69) is 15.6 Å². The second kappa shape index (κ2) is 10.9. The lowest BCUT2D eigenvalue weighted by Crippen LogP contribution is -2.20. The molecule has 162 valence electrons. The van der Waals surface area contributed by atoms with Crippen LogP contribution in [0.4, 0.5) is 10.8 Å². The zero-order valence-corrected chi connectivity index (χ0v) is 19.3. The number of rotatable bonds is 9. The molecule has 9 heteroatoms. The van der Waals surface area contributed by atoms with E-state index in [4.69, 9.17) is 4.74 Å². The van der Waals surface area contributed by atoms with Gasteiger partial charge in [0.1, 0.15) is 5.75 Å². The summed E-state index contributed by atoms with van der Waals surface area (Å²) in [6.07, 6.45) is 0. The lowest BCUT2D eigenvalue weighted by atomic mass is 10.3. The van der Waals surface area contributed by atoms with E-state index in [0.717, 1.165) is 15.5 Å². The first-order valence-corrected chi connectivity index (χ1v) is 12.4. The maximum atomic E-state index is 12.2. The fraction of sp³-hybridized carbons (Fsp3) is 0.0870. The van der Waals surface area contributed by atoms with E-state index in [1.165, 1.54) is 23.1 Å². The molecular weight excluding hydrogens is 462 g/mol. The molecule has 4 rings (SSSR count). The highest BCUT2D eigenvalue weighted by atomic mass is 32.2. The van der Waals surface area contributed by atoms with E-state index in [0.29, 0.717) is 16.6 Å². The van der Waals surface area contributed by atoms with Crippen molar-refractivity contribution in [2.45, 2.75) is 4.90 Å². The van der Waals surface area contributed by atoms with Crippen LogP contribution in [0.5, 0.6) is 5.75 Å². The highest BCUT2D eigenvalue weighted by Gasteiger charge is 2.10. The van der Waals surface area contributed by atoms with E-state index < -0.39 is 0 Å². The van der Waals surface area contributed by atoms with Crippen LogP contribution in [0.15, 0.2) is 82.4 Å². The number of nitrogens with one attached hydrogen (secondary N) is 2. The van der Waals surface area contributed by atoms with Gasteiger partial charge in [-0.15, -0.1) is 34.4 Å². The van der Waals surface area contributed by atoms with Crippen LogP contribution >= 0.6 is 34.4 Å². The summed E-state index contributed by atoms with van der Waals surface area (Å²) in [5.41, 5.74) is 1.55. The maximum Gasteiger partial charge on any atom is 0.262 e. The number of hydrogen-bond donors (Lipinski definition) is 2. The summed E-state index contributed by atoms with van der Waals surface area (Å²) in [7, 11) is 0. The summed E-state index contributed by atoms with van der Waals surface area (Å²) >= 11 is 4.44. The lowest BCUT2D eigenvalue weighted by Gasteiger charge is -2.08. The molecule has 0 aliphatic heterocycles. The molecule has 2 aromatic carbocycles. The van der Waals surface area contributed by atoms with Gasteiger partial charge >= 0.3 is 0 Å². The van der Waals surface area contributed by atoms with Crippen LogP contribution in [0.2, 0.25) is 0 Å². The summed E-state index contributed by atoms with van der Waals surface area (Å²) in [5, 5.41) is 10.2. The first-order valence-electron chi connectivity index (χ1n) is 9.65. The van der Waals surface area contributed by atoms with Crippen molar-refractivity contribution in [3.05, 3.63) is 77.5 Å². The number of benzene rings is 2. The summed E-state index contributed by atoms with van der Waals surface area (Å²) in [4.78, 5) is 30.8. The third kappa shape index (κ3) is 6.43. The number of ether oxygens (including phenoxy) is 1. The molecule has 6 nitrogen and oxygen atoms in total. The van der Waals surface area contributed by atoms with Gasteiger partial charge in [0.15, 0.2) is 11.7 Å². The summed E-state index contributed by atoms with van der Waals surface area (Å²) in [6, 6.07) is 20.5. The molecule has 2 amide bonds. The van der Waals surface area contributed by atoms with Crippen molar-refractivity contribution in [3.8, 4) is 16.3 Å². The maximum absolute atomic E-state index is 12.2. The monoisotopic (exact) mass is 481 g/mol. The molecule has 0 bridgehead atoms. The Labute approximate surface area is 197 Å². The predicted octanol–water partition coefficient (Wildman–Crippen LogP) is 5.62. The zero-order valence-electron chi connectivity index (χ0n) is 16.8. The highest BCUT2D eigenvalue weighted by molar-refractivity contribution is 8.00. The summed E-state index contributed by atoms with van der Waals surface area (Å²) < 4.78 is 5.44. The van der Waals surface area contributed by atoms with Gasteiger partial charge in [0.25, 0.3) is 5.91 Å². The van der Waals surface area contributed by atoms with Crippen LogP contribution in [0.1, 0.15) is 0 Å². The number of amides is 2. The number of nitrogens with zero attached hydrogens (tertiary/aromatic N) is 1. The number of para-hydroxylation sites is 1. The summed E-state index contributed by atoms with van der Waals surface area (Å²) in [6.45, 7) is -0.0638. The SMILES string of the molecule is O=C(COc1ccccc1)Nc1ccc(SCC(=O)Nc2nc(-c3cccs3)cs2)cc1. The predicted molar refractivity (Wildman–Crippen MR) is 132 cm³/mol. The van der Waals surface area contributed by atoms with Crippen LogP contribution in [0, 0.1) is 0 Å². The molecule has 0 saturated heterocycles. The van der Waals surface area contributed by atoms with Crippen molar-refractivity contribution in [3.63, 3.8) is 0 Å². The molecule has 32 heavy (non-hydrogen) atoms. The van der Waals surface area contributed by atoms with E-state index in [1.54, 1.807) is 35.6 Å². The zero-order chi connectivity index (χ0) is 22.2. The molecule has 0 aliphatic rings. The van der Waals surface area contributed by atoms with Crippen molar-refractivity contribution < 1.29 is 14.3 Å². The average molecular weight is 482 g/mol. The van der Waals surface area contributed by atoms with Crippen molar-refractivity contribution in [2.24, 2.45) is 0 Å². The molecule has 0 radical (unpaired) electrons. The highest BCUT2D eigenvalue weighted by Crippen LogP contribution is 2.28. The fourth-order valence-electron chi connectivity index (χ4n) is 2.67. The van der Waals surface area contributed by atoms with Crippen LogP contribution in [-0.4, -0.2) is 29.2 Å². The number of hydrogen-bond acceptors (Lipinski definition) is 7. The average Bonchev–Trinajstić information content (AvgIpc) is 3.50. The molecule has 0 unspecified atom stereocenters. The van der Waals surface area contributed by atoms with Gasteiger partial charge in [0.2, 0.25) is 5.91 Å². The van der Waals surface area contributed by atoms with Crippen LogP contribution in [0.3, 0.4) is 0 Å². The quantitative estimate of drug-likeness (QED) is 0.303. The minimum atomic E-state index is -0.237. The van der Waals surface area contributed by atoms with Gasteiger partial charge in [0, 0.05) is 16.0 Å². The van der Waals surface area contributed by atoms with Gasteiger partial charge in [-0.1, -0.05) is 24.3 Å². The van der Waals surface area contributed by atoms with Gasteiger partial charge in [-0.3, -0.25) is 9.59 Å². The number of carbonyl (C=O) groups is 2. The molecule has 0 saturated carbocycles. The van der Waals surface area contributed by atoms with Gasteiger partial charge in [-0.25, -0.2) is 4.98 Å². The third-order valence-electron chi connectivity index (χ3n) is 4.15. The van der Waals surface area contributed by atoms with Crippen molar-refractivity contribution in [1.29, 1.82) is 0 Å². The minimum absolute atomic E-state index is 0.0638. The molecule has 0 fully saturated rings. The van der Waals surface area contributed by atoms with E-state index in [-0.39, 0.29) is 24.2 Å². The largest absolute Gasteiger partial charge is 0.484 e. The minimum Gasteiger partial charge on any atom is -0.484 e. The molecule has 0 atom stereocenters. The Hall–Kier alpha value is -3.14. The van der Waals surface area contributed by atoms with Crippen molar-refractivity contribution in [1.82, 2.24) is 4.98 Å². The molecule has 2 aromatic heterocycles. The Balaban J connectivity index is 1.20. The normalized spacial score (nSPS) is 10.5. The van der Waals surface area contributed by atoms with E-state index in [9.17, 15) is 9.59 Å². The molecule has 2 heterocycles. The number of thioether (sulfide) groups is 1. The fourth-order valence-corrected chi connectivity index (χ4v) is 4.86. The first kappa shape index (κ1) is 22.1. The smallest absolute Gasteiger partial charge is 0.262 e. The molecule has 0 spiro atoms. The third-order valence-corrected chi connectivity index (χ3v) is 6.81. The second-order valence-corrected chi connectivity index (χ2v) is 9.38. The van der Waals surface area contributed by atoms with E-state index >= 15 is 0 Å². The van der Waals surface area contributed by atoms with Gasteiger partial charge in [0.05, 0.1) is 16.3 Å². The number of anilines is 2. The first-order chi connectivity index (χ1) is 15.7. The summed E-state index contributed by atoms with van der Waals surface area (Å²) in [5.74, 6) is 0.564. The topological polar surface area (TPSA) is 80.3 Å². The Morgan fingerprint density at radius 2 is 1.72 bits per heavy atom. The Bertz CT molecular complexity index is 1160. The number of thiophene rings is 1. The molecule has 4 aromatic rings. The molecular formula is C23H19N3O3S3. The lowest BCUT2D eigenvalue weighted by molar-refractivity contribution is -0.118. The standard InChI is InChI=1S/C23H19N3O3S3/c27-21(13-29-17-5-2-1-3-6-17)24-16-8-10-18(11-9-16)31-15-22(28)26-23-25-19(14-32-23)20-7-4-12-30-20/h1-12,14H,13,15H2,(H,24,27)(H,25,26,28). The van der Waals surface area contributed by atoms with Gasteiger partial charge < -0.3 is 15.4 Å². The van der Waals surface area contributed by atoms with Crippen molar-refractivity contribution >= 4 is 57.1 Å². The van der Waals surface area contributed by atoms with Crippen LogP contribution in [0.25, 0.3) is 10.6 Å². The number of carbonyl (C=O) groups excluding carboxylic acids is 2. The number of aromatic nitrogens is 1. The molecule has 2 N–H and O–H groups in total. The Morgan fingerprint density at radius 3 is 2.47 bits per heavy atom. The van der Waals surface area contributed by atoms with Crippen LogP contribution in [-0.2, 0) is 9.59 Å². The van der Waals surface area contributed by atoms with Crippen LogP contribution < -0.4 is 15.4 Å². The molecule has 0 aliphatic carbocycles. The van der Waals surface area contributed by atoms with Gasteiger partial charge in [-0.05, 0) is 47.8 Å². The van der Waals surface area contributed by atoms with E-state index in [1.807, 2.05) is 53.2 Å². The van der Waals surface area contributed by atoms with Gasteiger partial charge in [-0.2, -0.15) is 0 Å². The van der Waals surface area contributed by atoms with Crippen molar-refractivity contribution in [2.75, 3.05) is 23.0 Å². The Morgan fingerprint density at radius 1 is 0.906 bits per heavy atom.